The molecule has 25 heavy (non-hydrogen) atoms. The Morgan fingerprint density at radius 2 is 1.88 bits per heavy atom. The van der Waals surface area contributed by atoms with Crippen LogP contribution < -0.4 is 20.9 Å². The van der Waals surface area contributed by atoms with Crippen molar-refractivity contribution in [2.75, 3.05) is 20.1 Å². The number of para-hydroxylation sites is 1. The Hall–Kier alpha value is -3.02. The number of nitrogens with two attached hydrogens (primary N) is 1. The summed E-state index contributed by atoms with van der Waals surface area (Å²) in [6, 6.07) is 13.0. The van der Waals surface area contributed by atoms with Gasteiger partial charge in [0.15, 0.2) is 0 Å². The molecular weight excluding hydrogens is 318 g/mol. The number of benzene rings is 2. The third kappa shape index (κ3) is 3.42. The Kier molecular flexibility index (Phi) is 4.88. The van der Waals surface area contributed by atoms with E-state index in [4.69, 9.17) is 15.3 Å². The summed E-state index contributed by atoms with van der Waals surface area (Å²) in [4.78, 5) is 16.8. The number of nitrogen functional groups attached to an aromatic ring is 1. The Morgan fingerprint density at radius 3 is 2.64 bits per heavy atom. The highest BCUT2D eigenvalue weighted by Gasteiger charge is 2.10. The average molecular weight is 339 g/mol. The number of aromatic nitrogens is 2. The van der Waals surface area contributed by atoms with E-state index in [0.717, 1.165) is 34.6 Å². The molecule has 0 spiro atoms. The summed E-state index contributed by atoms with van der Waals surface area (Å²) < 4.78 is 11.8. The minimum Gasteiger partial charge on any atom is -0.497 e. The zero-order valence-corrected chi connectivity index (χ0v) is 14.4. The fraction of sp³-hybridized carbons (Fsp3) is 0.263. The van der Waals surface area contributed by atoms with Gasteiger partial charge < -0.3 is 15.3 Å². The highest BCUT2D eigenvalue weighted by molar-refractivity contribution is 5.77. The highest BCUT2D eigenvalue weighted by Crippen LogP contribution is 2.25. The SMILES string of the molecule is COc1ccc(CCCc2nc3ccccc3c(=O)n2N)c(OC)c1. The number of rotatable bonds is 6. The molecule has 3 rings (SSSR count). The van der Waals surface area contributed by atoms with Gasteiger partial charge >= 0.3 is 0 Å². The van der Waals surface area contributed by atoms with Crippen LogP contribution in [0.4, 0.5) is 0 Å². The number of fused-ring (bicyclic) bond motifs is 1. The first kappa shape index (κ1) is 16.8. The molecule has 0 aliphatic carbocycles. The van der Waals surface area contributed by atoms with Crippen LogP contribution in [0.25, 0.3) is 10.9 Å². The van der Waals surface area contributed by atoms with Gasteiger partial charge in [-0.3, -0.25) is 4.79 Å². The van der Waals surface area contributed by atoms with Crippen LogP contribution in [0.5, 0.6) is 11.5 Å². The van der Waals surface area contributed by atoms with Crippen LogP contribution >= 0.6 is 0 Å². The molecular formula is C19H21N3O3. The third-order valence-electron chi connectivity index (χ3n) is 4.22. The largest absolute Gasteiger partial charge is 0.497 e. The fourth-order valence-electron chi connectivity index (χ4n) is 2.86. The highest BCUT2D eigenvalue weighted by atomic mass is 16.5. The maximum absolute atomic E-state index is 12.3. The van der Waals surface area contributed by atoms with Gasteiger partial charge in [0.2, 0.25) is 0 Å². The molecule has 0 saturated carbocycles. The zero-order chi connectivity index (χ0) is 17.8. The topological polar surface area (TPSA) is 79.4 Å². The van der Waals surface area contributed by atoms with E-state index in [1.807, 2.05) is 30.3 Å². The van der Waals surface area contributed by atoms with Crippen LogP contribution in [0.1, 0.15) is 17.8 Å². The summed E-state index contributed by atoms with van der Waals surface area (Å²) in [5.74, 6) is 8.05. The lowest BCUT2D eigenvalue weighted by atomic mass is 10.1. The van der Waals surface area contributed by atoms with E-state index in [1.165, 1.54) is 0 Å². The first-order chi connectivity index (χ1) is 12.1. The molecule has 3 aromatic rings. The summed E-state index contributed by atoms with van der Waals surface area (Å²) in [6.07, 6.45) is 2.19. The van der Waals surface area contributed by atoms with Crippen LogP contribution in [0, 0.1) is 0 Å². The summed E-state index contributed by atoms with van der Waals surface area (Å²) in [7, 11) is 3.26. The number of hydrogen-bond donors (Lipinski definition) is 1. The second-order valence-corrected chi connectivity index (χ2v) is 5.75. The van der Waals surface area contributed by atoms with Gasteiger partial charge in [0, 0.05) is 12.5 Å². The van der Waals surface area contributed by atoms with Gasteiger partial charge in [0.05, 0.1) is 25.1 Å². The van der Waals surface area contributed by atoms with Crippen molar-refractivity contribution in [2.45, 2.75) is 19.3 Å². The van der Waals surface area contributed by atoms with Gasteiger partial charge in [-0.1, -0.05) is 18.2 Å². The smallest absolute Gasteiger partial charge is 0.279 e. The maximum atomic E-state index is 12.3. The lowest BCUT2D eigenvalue weighted by Gasteiger charge is -2.11. The molecule has 0 saturated heterocycles. The average Bonchev–Trinajstić information content (AvgIpc) is 2.65. The molecule has 0 amide bonds. The van der Waals surface area contributed by atoms with E-state index in [1.54, 1.807) is 26.4 Å². The van der Waals surface area contributed by atoms with E-state index in [9.17, 15) is 4.79 Å². The van der Waals surface area contributed by atoms with Crippen LogP contribution in [0.15, 0.2) is 47.3 Å². The van der Waals surface area contributed by atoms with Crippen molar-refractivity contribution >= 4 is 10.9 Å². The molecule has 130 valence electrons. The van der Waals surface area contributed by atoms with Gasteiger partial charge in [-0.25, -0.2) is 9.66 Å². The second kappa shape index (κ2) is 7.25. The number of methoxy groups -OCH3 is 2. The number of aryl methyl sites for hydroxylation is 2. The van der Waals surface area contributed by atoms with Gasteiger partial charge in [-0.2, -0.15) is 0 Å². The maximum Gasteiger partial charge on any atom is 0.279 e. The van der Waals surface area contributed by atoms with E-state index in [2.05, 4.69) is 4.98 Å². The van der Waals surface area contributed by atoms with Crippen molar-refractivity contribution in [2.24, 2.45) is 0 Å². The Labute approximate surface area is 145 Å². The third-order valence-corrected chi connectivity index (χ3v) is 4.22. The molecule has 2 N–H and O–H groups in total. The van der Waals surface area contributed by atoms with Crippen molar-refractivity contribution in [3.63, 3.8) is 0 Å². The molecule has 0 atom stereocenters. The monoisotopic (exact) mass is 339 g/mol. The molecule has 0 fully saturated rings. The molecule has 2 aromatic carbocycles. The molecule has 0 bridgehead atoms. The quantitative estimate of drug-likeness (QED) is 0.697. The van der Waals surface area contributed by atoms with Gasteiger partial charge in [0.25, 0.3) is 5.56 Å². The van der Waals surface area contributed by atoms with Crippen molar-refractivity contribution in [1.29, 1.82) is 0 Å². The summed E-state index contributed by atoms with van der Waals surface area (Å²) >= 11 is 0. The van der Waals surface area contributed by atoms with Gasteiger partial charge in [-0.15, -0.1) is 0 Å². The van der Waals surface area contributed by atoms with Crippen LogP contribution in [-0.2, 0) is 12.8 Å². The minimum absolute atomic E-state index is 0.220. The van der Waals surface area contributed by atoms with Crippen molar-refractivity contribution in [3.05, 3.63) is 64.2 Å². The lowest BCUT2D eigenvalue weighted by Crippen LogP contribution is -2.31. The Balaban J connectivity index is 1.78. The second-order valence-electron chi connectivity index (χ2n) is 5.75. The molecule has 6 nitrogen and oxygen atoms in total. The summed E-state index contributed by atoms with van der Waals surface area (Å²) in [5, 5.41) is 0.533. The van der Waals surface area contributed by atoms with Crippen LogP contribution in [0.3, 0.4) is 0 Å². The standard InChI is InChI=1S/C19H21N3O3/c1-24-14-11-10-13(17(12-14)25-2)6-5-9-18-21-16-8-4-3-7-15(16)19(23)22(18)20/h3-4,7-8,10-12H,5-6,9,20H2,1-2H3. The summed E-state index contributed by atoms with van der Waals surface area (Å²) in [6.45, 7) is 0. The Bertz CT molecular complexity index is 950. The predicted molar refractivity (Wildman–Crippen MR) is 97.7 cm³/mol. The number of nitrogens with zero attached hydrogens (tertiary/aromatic N) is 2. The number of ether oxygens (including phenoxy) is 2. The molecule has 0 radical (unpaired) electrons. The van der Waals surface area contributed by atoms with Gasteiger partial charge in [0.1, 0.15) is 17.3 Å². The number of hydrogen-bond acceptors (Lipinski definition) is 5. The molecule has 6 heteroatoms. The molecule has 0 aliphatic heterocycles. The lowest BCUT2D eigenvalue weighted by molar-refractivity contribution is 0.390. The van der Waals surface area contributed by atoms with E-state index in [-0.39, 0.29) is 5.56 Å². The first-order valence-corrected chi connectivity index (χ1v) is 8.10. The van der Waals surface area contributed by atoms with E-state index in [0.29, 0.717) is 23.1 Å². The van der Waals surface area contributed by atoms with E-state index >= 15 is 0 Å². The van der Waals surface area contributed by atoms with Crippen molar-refractivity contribution in [3.8, 4) is 11.5 Å². The van der Waals surface area contributed by atoms with Gasteiger partial charge in [-0.05, 0) is 36.6 Å². The van der Waals surface area contributed by atoms with Crippen LogP contribution in [0.2, 0.25) is 0 Å². The van der Waals surface area contributed by atoms with E-state index < -0.39 is 0 Å². The molecule has 1 aromatic heterocycles. The van der Waals surface area contributed by atoms with Crippen molar-refractivity contribution in [1.82, 2.24) is 9.66 Å². The fourth-order valence-corrected chi connectivity index (χ4v) is 2.86. The molecule has 1 heterocycles. The molecule has 0 aliphatic rings. The van der Waals surface area contributed by atoms with Crippen LogP contribution in [-0.4, -0.2) is 23.9 Å². The first-order valence-electron chi connectivity index (χ1n) is 8.10. The Morgan fingerprint density at radius 1 is 1.08 bits per heavy atom. The minimum atomic E-state index is -0.220. The zero-order valence-electron chi connectivity index (χ0n) is 14.4. The predicted octanol–water partition coefficient (Wildman–Crippen LogP) is 2.30. The molecule has 0 unspecified atom stereocenters. The van der Waals surface area contributed by atoms with Crippen molar-refractivity contribution < 1.29 is 9.47 Å². The normalized spacial score (nSPS) is 10.8. The summed E-state index contributed by atoms with van der Waals surface area (Å²) in [5.41, 5.74) is 1.53.